The molecule has 1 aliphatic carbocycles. The molecule has 7 nitrogen and oxygen atoms in total. The van der Waals surface area contributed by atoms with E-state index in [1.807, 2.05) is 0 Å². The van der Waals surface area contributed by atoms with Gasteiger partial charge in [-0.1, -0.05) is 12.1 Å². The second-order valence-corrected chi connectivity index (χ2v) is 10.6. The molecule has 230 valence electrons. The molecule has 0 N–H and O–H groups in total. The maximum Gasteiger partial charge on any atom is 0.416 e. The van der Waals surface area contributed by atoms with E-state index in [9.17, 15) is 35.9 Å². The summed E-state index contributed by atoms with van der Waals surface area (Å²) in [6.07, 6.45) is -6.49. The first-order valence-electron chi connectivity index (χ1n) is 13.4. The number of alkyl halides is 6. The number of halogens is 6. The Balaban J connectivity index is 1.60. The standard InChI is InChI=1S/C30H29F6N3O4/c1-5-42-27(41)28(2,3)43-23-14-21(30(34,35)36)13-22(15-23)39(4)24(40)12-19-16-37-26(38-25(19)17-6-7-17)18-8-10-20(11-9-18)29(31,32)33/h8-11,13-17H,5-7,12H2,1-4H3. The van der Waals surface area contributed by atoms with Crippen molar-refractivity contribution < 1.29 is 45.4 Å². The Morgan fingerprint density at radius 3 is 2.14 bits per heavy atom. The van der Waals surface area contributed by atoms with Crippen LogP contribution in [0.3, 0.4) is 0 Å². The molecule has 0 aliphatic heterocycles. The van der Waals surface area contributed by atoms with E-state index in [0.29, 0.717) is 16.8 Å². The van der Waals surface area contributed by atoms with Gasteiger partial charge < -0.3 is 14.4 Å². The van der Waals surface area contributed by atoms with Gasteiger partial charge in [0.15, 0.2) is 11.4 Å². The normalized spacial score (nSPS) is 13.9. The summed E-state index contributed by atoms with van der Waals surface area (Å²) in [6.45, 7) is 4.34. The van der Waals surface area contributed by atoms with Crippen LogP contribution in [0.4, 0.5) is 32.0 Å². The molecule has 0 bridgehead atoms. The molecule has 1 aromatic heterocycles. The second-order valence-electron chi connectivity index (χ2n) is 10.6. The summed E-state index contributed by atoms with van der Waals surface area (Å²) in [7, 11) is 1.31. The fourth-order valence-corrected chi connectivity index (χ4v) is 4.28. The van der Waals surface area contributed by atoms with Crippen LogP contribution in [0, 0.1) is 0 Å². The number of benzene rings is 2. The zero-order chi connectivity index (χ0) is 31.7. The van der Waals surface area contributed by atoms with Crippen molar-refractivity contribution in [2.45, 2.75) is 63.9 Å². The van der Waals surface area contributed by atoms with Crippen LogP contribution >= 0.6 is 0 Å². The highest BCUT2D eigenvalue weighted by Gasteiger charge is 2.36. The summed E-state index contributed by atoms with van der Waals surface area (Å²) in [5.41, 5.74) is -2.22. The van der Waals surface area contributed by atoms with Crippen molar-refractivity contribution in [3.63, 3.8) is 0 Å². The van der Waals surface area contributed by atoms with Gasteiger partial charge in [-0.3, -0.25) is 4.79 Å². The van der Waals surface area contributed by atoms with E-state index in [1.165, 1.54) is 45.3 Å². The number of nitrogens with zero attached hydrogens (tertiary/aromatic N) is 3. The van der Waals surface area contributed by atoms with Gasteiger partial charge >= 0.3 is 18.3 Å². The van der Waals surface area contributed by atoms with Crippen LogP contribution in [-0.4, -0.2) is 41.1 Å². The minimum Gasteiger partial charge on any atom is -0.476 e. The number of carbonyl (C=O) groups excluding carboxylic acids is 2. The predicted molar refractivity (Wildman–Crippen MR) is 144 cm³/mol. The third kappa shape index (κ3) is 7.63. The van der Waals surface area contributed by atoms with Crippen LogP contribution in [0.1, 0.15) is 61.9 Å². The lowest BCUT2D eigenvalue weighted by molar-refractivity contribution is -0.158. The number of aromatic nitrogens is 2. The van der Waals surface area contributed by atoms with Gasteiger partial charge in [0.05, 0.1) is 29.8 Å². The fourth-order valence-electron chi connectivity index (χ4n) is 4.28. The van der Waals surface area contributed by atoms with E-state index < -0.39 is 41.0 Å². The van der Waals surface area contributed by atoms with Crippen LogP contribution < -0.4 is 9.64 Å². The van der Waals surface area contributed by atoms with Crippen molar-refractivity contribution in [3.8, 4) is 17.1 Å². The Kier molecular flexibility index (Phi) is 8.75. The first-order valence-corrected chi connectivity index (χ1v) is 13.4. The molecule has 0 atom stereocenters. The molecule has 0 unspecified atom stereocenters. The lowest BCUT2D eigenvalue weighted by Gasteiger charge is -2.26. The Bertz CT molecular complexity index is 1500. The number of rotatable bonds is 9. The maximum atomic E-state index is 13.8. The third-order valence-electron chi connectivity index (χ3n) is 6.79. The fraction of sp³-hybridized carbons (Fsp3) is 0.400. The molecular weight excluding hydrogens is 580 g/mol. The minimum absolute atomic E-state index is 0.0305. The number of hydrogen-bond donors (Lipinski definition) is 0. The number of esters is 1. The molecule has 3 aromatic rings. The summed E-state index contributed by atoms with van der Waals surface area (Å²) in [5, 5.41) is 0. The zero-order valence-corrected chi connectivity index (χ0v) is 23.8. The highest BCUT2D eigenvalue weighted by atomic mass is 19.4. The van der Waals surface area contributed by atoms with Crippen molar-refractivity contribution >= 4 is 17.6 Å². The number of anilines is 1. The smallest absolute Gasteiger partial charge is 0.416 e. The average molecular weight is 610 g/mol. The van der Waals surface area contributed by atoms with E-state index in [0.717, 1.165) is 42.0 Å². The lowest BCUT2D eigenvalue weighted by atomic mass is 10.1. The van der Waals surface area contributed by atoms with Crippen molar-refractivity contribution in [1.29, 1.82) is 0 Å². The van der Waals surface area contributed by atoms with Crippen LogP contribution in [0.15, 0.2) is 48.7 Å². The molecule has 0 spiro atoms. The predicted octanol–water partition coefficient (Wildman–Crippen LogP) is 6.98. The largest absolute Gasteiger partial charge is 0.476 e. The number of hydrogen-bond acceptors (Lipinski definition) is 6. The topological polar surface area (TPSA) is 81.6 Å². The highest BCUT2D eigenvalue weighted by Crippen LogP contribution is 2.42. The number of amides is 1. The Hall–Kier alpha value is -4.16. The Labute approximate surface area is 243 Å². The van der Waals surface area contributed by atoms with Crippen molar-refractivity contribution in [1.82, 2.24) is 9.97 Å². The van der Waals surface area contributed by atoms with Crippen LogP contribution in [0.25, 0.3) is 11.4 Å². The van der Waals surface area contributed by atoms with E-state index >= 15 is 0 Å². The average Bonchev–Trinajstić information content (AvgIpc) is 3.77. The minimum atomic E-state index is -4.77. The van der Waals surface area contributed by atoms with Gasteiger partial charge in [0.1, 0.15) is 5.75 Å². The molecular formula is C30H29F6N3O4. The first kappa shape index (κ1) is 31.8. The number of likely N-dealkylation sites (N-methyl/N-ethyl adjacent to an activating group) is 1. The summed E-state index contributed by atoms with van der Waals surface area (Å²) in [4.78, 5) is 35.4. The molecule has 4 rings (SSSR count). The van der Waals surface area contributed by atoms with Crippen LogP contribution in [0.2, 0.25) is 0 Å². The van der Waals surface area contributed by atoms with E-state index in [2.05, 4.69) is 9.97 Å². The molecule has 2 aromatic carbocycles. The van der Waals surface area contributed by atoms with Crippen LogP contribution in [-0.2, 0) is 33.1 Å². The van der Waals surface area contributed by atoms with Gasteiger partial charge in [-0.05, 0) is 57.9 Å². The summed E-state index contributed by atoms with van der Waals surface area (Å²) < 4.78 is 90.6. The summed E-state index contributed by atoms with van der Waals surface area (Å²) in [6, 6.07) is 7.16. The van der Waals surface area contributed by atoms with E-state index in [4.69, 9.17) is 9.47 Å². The Morgan fingerprint density at radius 2 is 1.58 bits per heavy atom. The first-order chi connectivity index (χ1) is 20.0. The summed E-state index contributed by atoms with van der Waals surface area (Å²) >= 11 is 0. The third-order valence-corrected chi connectivity index (χ3v) is 6.79. The van der Waals surface area contributed by atoms with Gasteiger partial charge in [-0.2, -0.15) is 26.3 Å². The lowest BCUT2D eigenvalue weighted by Crippen LogP contribution is -2.39. The van der Waals surface area contributed by atoms with Gasteiger partial charge in [0.25, 0.3) is 0 Å². The monoisotopic (exact) mass is 609 g/mol. The van der Waals surface area contributed by atoms with E-state index in [-0.39, 0.29) is 36.2 Å². The van der Waals surface area contributed by atoms with Crippen molar-refractivity contribution in [2.75, 3.05) is 18.6 Å². The number of carbonyl (C=O) groups is 2. The molecule has 43 heavy (non-hydrogen) atoms. The zero-order valence-electron chi connectivity index (χ0n) is 23.8. The maximum absolute atomic E-state index is 13.8. The molecule has 13 heteroatoms. The van der Waals surface area contributed by atoms with Crippen LogP contribution in [0.5, 0.6) is 5.75 Å². The van der Waals surface area contributed by atoms with Crippen molar-refractivity contribution in [2.24, 2.45) is 0 Å². The molecule has 0 radical (unpaired) electrons. The van der Waals surface area contributed by atoms with Gasteiger partial charge in [-0.25, -0.2) is 14.8 Å². The van der Waals surface area contributed by atoms with Gasteiger partial charge in [-0.15, -0.1) is 0 Å². The number of ether oxygens (including phenoxy) is 2. The molecule has 0 saturated heterocycles. The quantitative estimate of drug-likeness (QED) is 0.192. The summed E-state index contributed by atoms with van der Waals surface area (Å²) in [5.74, 6) is -1.40. The molecule has 1 aliphatic rings. The highest BCUT2D eigenvalue weighted by molar-refractivity contribution is 5.94. The van der Waals surface area contributed by atoms with Gasteiger partial charge in [0.2, 0.25) is 5.91 Å². The molecule has 1 fully saturated rings. The molecule has 1 amide bonds. The van der Waals surface area contributed by atoms with Gasteiger partial charge in [0, 0.05) is 42.0 Å². The van der Waals surface area contributed by atoms with E-state index in [1.54, 1.807) is 6.92 Å². The Morgan fingerprint density at radius 1 is 0.953 bits per heavy atom. The SMILES string of the molecule is CCOC(=O)C(C)(C)Oc1cc(N(C)C(=O)Cc2cnc(-c3ccc(C(F)(F)F)cc3)nc2C2CC2)cc(C(F)(F)F)c1. The van der Waals surface area contributed by atoms with Crippen molar-refractivity contribution in [3.05, 3.63) is 71.0 Å². The molecule has 1 heterocycles. The molecule has 1 saturated carbocycles. The second kappa shape index (κ2) is 11.8.